The van der Waals surface area contributed by atoms with Gasteiger partial charge in [-0.2, -0.15) is 4.98 Å². The molecular formula is C14H14FN3O4. The highest BCUT2D eigenvalue weighted by atomic mass is 19.1. The van der Waals surface area contributed by atoms with Crippen molar-refractivity contribution in [3.63, 3.8) is 0 Å². The van der Waals surface area contributed by atoms with E-state index in [9.17, 15) is 14.0 Å². The molecule has 0 saturated carbocycles. The molecule has 0 aliphatic heterocycles. The number of anilines is 1. The first kappa shape index (κ1) is 15.6. The second kappa shape index (κ2) is 6.79. The Morgan fingerprint density at radius 3 is 2.77 bits per heavy atom. The standard InChI is InChI=1S/C14H14FN3O4/c1-3-9-4-5-10(6-11(9)21-8(2)19)13(20)17-14-16-12(7-15)22-18-14/h4-6H,3,7H2,1-2H3,(H,17,18,20). The maximum atomic E-state index is 12.3. The van der Waals surface area contributed by atoms with Crippen molar-refractivity contribution in [3.8, 4) is 5.75 Å². The number of aromatic nitrogens is 2. The number of halogens is 1. The Balaban J connectivity index is 2.20. The normalized spacial score (nSPS) is 10.3. The molecule has 1 heterocycles. The smallest absolute Gasteiger partial charge is 0.308 e. The highest BCUT2D eigenvalue weighted by Crippen LogP contribution is 2.22. The molecule has 1 aromatic heterocycles. The van der Waals surface area contributed by atoms with Gasteiger partial charge in [0.1, 0.15) is 5.75 Å². The van der Waals surface area contributed by atoms with Crippen LogP contribution < -0.4 is 10.1 Å². The molecule has 2 aromatic rings. The van der Waals surface area contributed by atoms with E-state index in [1.807, 2.05) is 6.92 Å². The minimum absolute atomic E-state index is 0.133. The third kappa shape index (κ3) is 3.66. The highest BCUT2D eigenvalue weighted by molar-refractivity contribution is 6.03. The first-order valence-corrected chi connectivity index (χ1v) is 6.54. The van der Waals surface area contributed by atoms with E-state index in [0.717, 1.165) is 5.56 Å². The van der Waals surface area contributed by atoms with Gasteiger partial charge in [-0.15, -0.1) is 0 Å². The van der Waals surface area contributed by atoms with Gasteiger partial charge in [-0.3, -0.25) is 14.9 Å². The molecule has 22 heavy (non-hydrogen) atoms. The van der Waals surface area contributed by atoms with Crippen molar-refractivity contribution in [2.24, 2.45) is 0 Å². The molecule has 7 nitrogen and oxygen atoms in total. The topological polar surface area (TPSA) is 94.3 Å². The third-order valence-corrected chi connectivity index (χ3v) is 2.77. The van der Waals surface area contributed by atoms with Crippen LogP contribution in [-0.4, -0.2) is 22.0 Å². The van der Waals surface area contributed by atoms with Gasteiger partial charge in [0.25, 0.3) is 17.7 Å². The molecule has 0 radical (unpaired) electrons. The third-order valence-electron chi connectivity index (χ3n) is 2.77. The second-order valence-electron chi connectivity index (χ2n) is 4.37. The number of nitrogens with zero attached hydrogens (tertiary/aromatic N) is 2. The average molecular weight is 307 g/mol. The van der Waals surface area contributed by atoms with Gasteiger partial charge in [0.2, 0.25) is 0 Å². The summed E-state index contributed by atoms with van der Waals surface area (Å²) >= 11 is 0. The number of hydrogen-bond donors (Lipinski definition) is 1. The Labute approximate surface area is 125 Å². The van der Waals surface area contributed by atoms with Crippen molar-refractivity contribution in [3.05, 3.63) is 35.2 Å². The number of carbonyl (C=O) groups is 2. The van der Waals surface area contributed by atoms with Gasteiger partial charge in [-0.25, -0.2) is 4.39 Å². The van der Waals surface area contributed by atoms with Crippen LogP contribution in [0.15, 0.2) is 22.7 Å². The second-order valence-corrected chi connectivity index (χ2v) is 4.37. The van der Waals surface area contributed by atoms with Crippen LogP contribution in [0.25, 0.3) is 0 Å². The van der Waals surface area contributed by atoms with E-state index in [2.05, 4.69) is 20.0 Å². The number of rotatable bonds is 5. The summed E-state index contributed by atoms with van der Waals surface area (Å²) in [6.45, 7) is 2.27. The quantitative estimate of drug-likeness (QED) is 0.672. The fourth-order valence-corrected chi connectivity index (χ4v) is 1.77. The van der Waals surface area contributed by atoms with Gasteiger partial charge in [0.15, 0.2) is 6.67 Å². The van der Waals surface area contributed by atoms with Crippen LogP contribution in [0.2, 0.25) is 0 Å². The largest absolute Gasteiger partial charge is 0.426 e. The van der Waals surface area contributed by atoms with Crippen molar-refractivity contribution < 1.29 is 23.2 Å². The fourth-order valence-electron chi connectivity index (χ4n) is 1.77. The molecule has 0 atom stereocenters. The Hall–Kier alpha value is -2.77. The number of alkyl halides is 1. The molecule has 0 fully saturated rings. The molecule has 0 aliphatic rings. The van der Waals surface area contributed by atoms with E-state index in [1.54, 1.807) is 12.1 Å². The average Bonchev–Trinajstić information content (AvgIpc) is 2.94. The number of hydrogen-bond acceptors (Lipinski definition) is 6. The van der Waals surface area contributed by atoms with Gasteiger partial charge in [0, 0.05) is 12.5 Å². The van der Waals surface area contributed by atoms with Gasteiger partial charge in [-0.1, -0.05) is 13.0 Å². The molecular weight excluding hydrogens is 293 g/mol. The predicted molar refractivity (Wildman–Crippen MR) is 74.2 cm³/mol. The summed E-state index contributed by atoms with van der Waals surface area (Å²) in [6, 6.07) is 4.72. The number of esters is 1. The van der Waals surface area contributed by atoms with Crippen molar-refractivity contribution in [2.75, 3.05) is 5.32 Å². The van der Waals surface area contributed by atoms with Crippen LogP contribution in [0.4, 0.5) is 10.3 Å². The molecule has 0 spiro atoms. The molecule has 2 rings (SSSR count). The van der Waals surface area contributed by atoms with E-state index in [-0.39, 0.29) is 17.4 Å². The lowest BCUT2D eigenvalue weighted by Crippen LogP contribution is -2.14. The first-order chi connectivity index (χ1) is 10.5. The summed E-state index contributed by atoms with van der Waals surface area (Å²) in [6.07, 6.45) is 0.648. The van der Waals surface area contributed by atoms with E-state index in [4.69, 9.17) is 4.74 Å². The maximum Gasteiger partial charge on any atom is 0.308 e. The molecule has 8 heteroatoms. The summed E-state index contributed by atoms with van der Waals surface area (Å²) in [5.41, 5.74) is 1.05. The van der Waals surface area contributed by atoms with Crippen LogP contribution in [0.1, 0.15) is 35.7 Å². The summed E-state index contributed by atoms with van der Waals surface area (Å²) in [4.78, 5) is 26.8. The lowest BCUT2D eigenvalue weighted by atomic mass is 10.1. The number of aryl methyl sites for hydroxylation is 1. The Kier molecular flexibility index (Phi) is 4.82. The summed E-state index contributed by atoms with van der Waals surface area (Å²) in [7, 11) is 0. The lowest BCUT2D eigenvalue weighted by Gasteiger charge is -2.09. The zero-order valence-electron chi connectivity index (χ0n) is 12.1. The van der Waals surface area contributed by atoms with Crippen LogP contribution >= 0.6 is 0 Å². The van der Waals surface area contributed by atoms with Crippen LogP contribution in [-0.2, 0) is 17.9 Å². The fraction of sp³-hybridized carbons (Fsp3) is 0.286. The molecule has 0 saturated heterocycles. The van der Waals surface area contributed by atoms with Crippen LogP contribution in [0.5, 0.6) is 5.75 Å². The van der Waals surface area contributed by atoms with Crippen molar-refractivity contribution in [2.45, 2.75) is 26.9 Å². The summed E-state index contributed by atoms with van der Waals surface area (Å²) in [5.74, 6) is -1.04. The van der Waals surface area contributed by atoms with Crippen molar-refractivity contribution >= 4 is 17.8 Å². The number of amides is 1. The number of ether oxygens (including phenoxy) is 1. The van der Waals surface area contributed by atoms with Gasteiger partial charge >= 0.3 is 5.97 Å². The molecule has 116 valence electrons. The van der Waals surface area contributed by atoms with Crippen molar-refractivity contribution in [1.29, 1.82) is 0 Å². The SMILES string of the molecule is CCc1ccc(C(=O)Nc2noc(CF)n2)cc1OC(C)=O. The first-order valence-electron chi connectivity index (χ1n) is 6.54. The molecule has 0 aliphatic carbocycles. The molecule has 1 aromatic carbocycles. The summed E-state index contributed by atoms with van der Waals surface area (Å²) in [5, 5.41) is 5.78. The minimum atomic E-state index is -0.912. The van der Waals surface area contributed by atoms with Crippen LogP contribution in [0, 0.1) is 0 Å². The van der Waals surface area contributed by atoms with Crippen LogP contribution in [0.3, 0.4) is 0 Å². The summed E-state index contributed by atoms with van der Waals surface area (Å²) < 4.78 is 21.9. The zero-order valence-corrected chi connectivity index (χ0v) is 12.1. The van der Waals surface area contributed by atoms with E-state index in [0.29, 0.717) is 12.2 Å². The van der Waals surface area contributed by atoms with Gasteiger partial charge in [0.05, 0.1) is 0 Å². The van der Waals surface area contributed by atoms with E-state index >= 15 is 0 Å². The predicted octanol–water partition coefficient (Wildman–Crippen LogP) is 2.28. The van der Waals surface area contributed by atoms with Crippen molar-refractivity contribution in [1.82, 2.24) is 10.1 Å². The Morgan fingerprint density at radius 1 is 1.41 bits per heavy atom. The van der Waals surface area contributed by atoms with E-state index in [1.165, 1.54) is 13.0 Å². The Bertz CT molecular complexity index is 699. The molecule has 0 bridgehead atoms. The number of benzene rings is 1. The zero-order chi connectivity index (χ0) is 16.1. The number of nitrogens with one attached hydrogen (secondary N) is 1. The molecule has 0 unspecified atom stereocenters. The minimum Gasteiger partial charge on any atom is -0.426 e. The van der Waals surface area contributed by atoms with Gasteiger partial charge < -0.3 is 9.26 Å². The molecule has 1 N–H and O–H groups in total. The lowest BCUT2D eigenvalue weighted by molar-refractivity contribution is -0.131. The van der Waals surface area contributed by atoms with Gasteiger partial charge in [-0.05, 0) is 29.3 Å². The highest BCUT2D eigenvalue weighted by Gasteiger charge is 2.14. The maximum absolute atomic E-state index is 12.3. The molecule has 1 amide bonds. The van der Waals surface area contributed by atoms with E-state index < -0.39 is 18.6 Å². The Morgan fingerprint density at radius 2 is 2.18 bits per heavy atom. The monoisotopic (exact) mass is 307 g/mol. The number of carbonyl (C=O) groups excluding carboxylic acids is 2.